The molecule has 1 aliphatic carbocycles. The molecule has 2 amide bonds. The van der Waals surface area contributed by atoms with Crippen LogP contribution in [0.15, 0.2) is 48.5 Å². The first-order valence-corrected chi connectivity index (χ1v) is 14.3. The molecule has 0 radical (unpaired) electrons. The highest BCUT2D eigenvalue weighted by molar-refractivity contribution is 7.92. The lowest BCUT2D eigenvalue weighted by Gasteiger charge is -2.33. The Morgan fingerprint density at radius 2 is 1.65 bits per heavy atom. The lowest BCUT2D eigenvalue weighted by molar-refractivity contribution is -0.139. The zero-order chi connectivity index (χ0) is 27.0. The van der Waals surface area contributed by atoms with Gasteiger partial charge >= 0.3 is 0 Å². The summed E-state index contributed by atoms with van der Waals surface area (Å²) in [7, 11) is -0.832. The van der Waals surface area contributed by atoms with E-state index >= 15 is 0 Å². The van der Waals surface area contributed by atoms with Crippen LogP contribution in [0.25, 0.3) is 0 Å². The van der Waals surface area contributed by atoms with Crippen molar-refractivity contribution in [3.63, 3.8) is 0 Å². The first-order chi connectivity index (χ1) is 17.6. The van der Waals surface area contributed by atoms with E-state index in [2.05, 4.69) is 5.32 Å². The van der Waals surface area contributed by atoms with E-state index in [0.29, 0.717) is 11.5 Å². The molecule has 202 valence electrons. The number of nitrogens with zero attached hydrogens (tertiary/aromatic N) is 2. The Bertz CT molecular complexity index is 1160. The van der Waals surface area contributed by atoms with Crippen LogP contribution in [0, 0.1) is 0 Å². The molecule has 0 unspecified atom stereocenters. The van der Waals surface area contributed by atoms with Gasteiger partial charge in [-0.05, 0) is 49.6 Å². The van der Waals surface area contributed by atoms with Gasteiger partial charge in [0, 0.05) is 12.6 Å². The number of nitrogens with one attached hydrogen (secondary N) is 1. The van der Waals surface area contributed by atoms with Crippen molar-refractivity contribution in [3.05, 3.63) is 54.1 Å². The average Bonchev–Trinajstić information content (AvgIpc) is 2.90. The van der Waals surface area contributed by atoms with E-state index in [1.807, 2.05) is 12.1 Å². The molecule has 9 nitrogen and oxygen atoms in total. The van der Waals surface area contributed by atoms with Crippen LogP contribution in [0.4, 0.5) is 5.69 Å². The number of methoxy groups -OCH3 is 2. The summed E-state index contributed by atoms with van der Waals surface area (Å²) in [4.78, 5) is 28.4. The van der Waals surface area contributed by atoms with Crippen LogP contribution in [-0.2, 0) is 26.2 Å². The molecule has 1 fully saturated rings. The van der Waals surface area contributed by atoms with Crippen molar-refractivity contribution in [2.24, 2.45) is 0 Å². The minimum absolute atomic E-state index is 0.0859. The Kier molecular flexibility index (Phi) is 9.79. The maximum absolute atomic E-state index is 13.7. The number of hydrogen-bond acceptors (Lipinski definition) is 6. The maximum atomic E-state index is 13.7. The van der Waals surface area contributed by atoms with Crippen LogP contribution in [-0.4, -0.2) is 64.2 Å². The minimum Gasteiger partial charge on any atom is -0.497 e. The van der Waals surface area contributed by atoms with Crippen molar-refractivity contribution in [1.82, 2.24) is 10.2 Å². The van der Waals surface area contributed by atoms with Crippen LogP contribution in [0.3, 0.4) is 0 Å². The standard InChI is InChI=1S/C27H37N3O6S/c1-20(27(32)28-22-10-6-5-7-11-22)29(18-21-14-16-23(35-2)17-15-21)26(31)19-30(37(4,33)34)24-12-8-9-13-25(24)36-3/h8-9,12-17,20,22H,5-7,10-11,18-19H2,1-4H3,(H,28,32)/t20-/m0/s1. The average molecular weight is 532 g/mol. The van der Waals surface area contributed by atoms with Crippen molar-refractivity contribution in [3.8, 4) is 11.5 Å². The van der Waals surface area contributed by atoms with E-state index in [0.717, 1.165) is 48.2 Å². The number of hydrogen-bond donors (Lipinski definition) is 1. The smallest absolute Gasteiger partial charge is 0.244 e. The quantitative estimate of drug-likeness (QED) is 0.477. The van der Waals surface area contributed by atoms with Gasteiger partial charge in [-0.2, -0.15) is 0 Å². The molecule has 0 saturated heterocycles. The summed E-state index contributed by atoms with van der Waals surface area (Å²) in [5.74, 6) is 0.241. The fourth-order valence-electron chi connectivity index (χ4n) is 4.51. The Labute approximate surface area is 219 Å². The molecular weight excluding hydrogens is 494 g/mol. The lowest BCUT2D eigenvalue weighted by Crippen LogP contribution is -2.53. The highest BCUT2D eigenvalue weighted by atomic mass is 32.2. The molecule has 1 aliphatic rings. The number of para-hydroxylation sites is 2. The first kappa shape index (κ1) is 28.3. The zero-order valence-electron chi connectivity index (χ0n) is 22.0. The topological polar surface area (TPSA) is 105 Å². The van der Waals surface area contributed by atoms with Crippen molar-refractivity contribution in [2.45, 2.75) is 57.7 Å². The summed E-state index contributed by atoms with van der Waals surface area (Å²) < 4.78 is 37.1. The summed E-state index contributed by atoms with van der Waals surface area (Å²) in [6.07, 6.45) is 6.17. The Hall–Kier alpha value is -3.27. The number of carbonyl (C=O) groups excluding carboxylic acids is 2. The van der Waals surface area contributed by atoms with Gasteiger partial charge < -0.3 is 19.7 Å². The van der Waals surface area contributed by atoms with E-state index in [1.54, 1.807) is 50.4 Å². The molecule has 0 aliphatic heterocycles. The fraction of sp³-hybridized carbons (Fsp3) is 0.481. The van der Waals surface area contributed by atoms with Gasteiger partial charge in [0.1, 0.15) is 24.1 Å². The summed E-state index contributed by atoms with van der Waals surface area (Å²) in [6.45, 7) is 1.33. The fourth-order valence-corrected chi connectivity index (χ4v) is 5.36. The predicted octanol–water partition coefficient (Wildman–Crippen LogP) is 3.34. The van der Waals surface area contributed by atoms with E-state index in [-0.39, 0.29) is 24.2 Å². The number of sulfonamides is 1. The third-order valence-corrected chi connectivity index (χ3v) is 7.79. The van der Waals surface area contributed by atoms with Crippen LogP contribution in [0.5, 0.6) is 11.5 Å². The molecule has 37 heavy (non-hydrogen) atoms. The SMILES string of the molecule is COc1ccc(CN(C(=O)CN(c2ccccc2OC)S(C)(=O)=O)[C@@H](C)C(=O)NC2CCCCC2)cc1. The van der Waals surface area contributed by atoms with Gasteiger partial charge in [0.05, 0.1) is 26.2 Å². The molecule has 10 heteroatoms. The summed E-state index contributed by atoms with van der Waals surface area (Å²) in [5, 5.41) is 3.09. The Morgan fingerprint density at radius 3 is 2.24 bits per heavy atom. The number of anilines is 1. The van der Waals surface area contributed by atoms with Gasteiger partial charge in [0.15, 0.2) is 0 Å². The Morgan fingerprint density at radius 1 is 1.00 bits per heavy atom. The van der Waals surface area contributed by atoms with Crippen molar-refractivity contribution in [1.29, 1.82) is 0 Å². The predicted molar refractivity (Wildman–Crippen MR) is 143 cm³/mol. The molecular formula is C27H37N3O6S. The van der Waals surface area contributed by atoms with Crippen molar-refractivity contribution < 1.29 is 27.5 Å². The molecule has 2 aromatic rings. The molecule has 3 rings (SSSR count). The largest absolute Gasteiger partial charge is 0.497 e. The third kappa shape index (κ3) is 7.61. The number of rotatable bonds is 11. The van der Waals surface area contributed by atoms with Crippen molar-refractivity contribution >= 4 is 27.5 Å². The molecule has 2 aromatic carbocycles. The Balaban J connectivity index is 1.89. The van der Waals surface area contributed by atoms with E-state index in [1.165, 1.54) is 12.0 Å². The zero-order valence-corrected chi connectivity index (χ0v) is 22.8. The molecule has 1 atom stereocenters. The minimum atomic E-state index is -3.84. The van der Waals surface area contributed by atoms with Crippen LogP contribution in [0.2, 0.25) is 0 Å². The highest BCUT2D eigenvalue weighted by Crippen LogP contribution is 2.30. The second-order valence-electron chi connectivity index (χ2n) is 9.33. The molecule has 0 spiro atoms. The van der Waals surface area contributed by atoms with Crippen molar-refractivity contribution in [2.75, 3.05) is 31.3 Å². The van der Waals surface area contributed by atoms with Gasteiger partial charge in [-0.15, -0.1) is 0 Å². The summed E-state index contributed by atoms with van der Waals surface area (Å²) in [5.41, 5.74) is 1.04. The number of benzene rings is 2. The van der Waals surface area contributed by atoms with Gasteiger partial charge in [0.2, 0.25) is 21.8 Å². The molecule has 0 bridgehead atoms. The third-order valence-electron chi connectivity index (χ3n) is 6.66. The molecule has 0 aromatic heterocycles. The summed E-state index contributed by atoms with van der Waals surface area (Å²) >= 11 is 0. The van der Waals surface area contributed by atoms with Crippen LogP contribution in [0.1, 0.15) is 44.6 Å². The van der Waals surface area contributed by atoms with Crippen LogP contribution >= 0.6 is 0 Å². The van der Waals surface area contributed by atoms with E-state index in [4.69, 9.17) is 9.47 Å². The first-order valence-electron chi connectivity index (χ1n) is 12.5. The maximum Gasteiger partial charge on any atom is 0.244 e. The van der Waals surface area contributed by atoms with Gasteiger partial charge in [-0.25, -0.2) is 8.42 Å². The monoisotopic (exact) mass is 531 g/mol. The second-order valence-corrected chi connectivity index (χ2v) is 11.2. The number of ether oxygens (including phenoxy) is 2. The molecule has 1 N–H and O–H groups in total. The van der Waals surface area contributed by atoms with Gasteiger partial charge in [-0.1, -0.05) is 43.5 Å². The summed E-state index contributed by atoms with van der Waals surface area (Å²) in [6, 6.07) is 13.1. The van der Waals surface area contributed by atoms with Gasteiger partial charge in [0.25, 0.3) is 0 Å². The second kappa shape index (κ2) is 12.8. The van der Waals surface area contributed by atoms with E-state index in [9.17, 15) is 18.0 Å². The normalized spacial score (nSPS) is 14.9. The molecule has 1 saturated carbocycles. The number of carbonyl (C=O) groups is 2. The molecule has 0 heterocycles. The number of amides is 2. The van der Waals surface area contributed by atoms with Gasteiger partial charge in [-0.3, -0.25) is 13.9 Å². The lowest BCUT2D eigenvalue weighted by atomic mass is 9.95. The highest BCUT2D eigenvalue weighted by Gasteiger charge is 2.32. The van der Waals surface area contributed by atoms with Crippen LogP contribution < -0.4 is 19.1 Å². The van der Waals surface area contributed by atoms with E-state index < -0.39 is 28.5 Å².